The third-order valence-corrected chi connectivity index (χ3v) is 5.24. The van der Waals surface area contributed by atoms with E-state index in [-0.39, 0.29) is 11.7 Å². The van der Waals surface area contributed by atoms with Gasteiger partial charge in [-0.2, -0.15) is 0 Å². The van der Waals surface area contributed by atoms with Crippen LogP contribution in [-0.2, 0) is 4.79 Å². The van der Waals surface area contributed by atoms with Crippen LogP contribution in [0.3, 0.4) is 0 Å². The standard InChI is InChI=1S/C14H22N2O/c1-9-15-14(6-7-14)13(17)16(9)8-12(10-2-3-10)11-4-5-11/h9-12,15H,2-8H2,1H3. The monoisotopic (exact) mass is 234 g/mol. The Kier molecular flexibility index (Phi) is 1.98. The van der Waals surface area contributed by atoms with E-state index in [1.807, 2.05) is 0 Å². The highest BCUT2D eigenvalue weighted by Crippen LogP contribution is 2.50. The molecule has 1 atom stereocenters. The van der Waals surface area contributed by atoms with E-state index in [1.54, 1.807) is 0 Å². The first kappa shape index (κ1) is 10.4. The normalized spacial score (nSPS) is 35.1. The zero-order valence-electron chi connectivity index (χ0n) is 10.6. The fraction of sp³-hybridized carbons (Fsp3) is 0.929. The molecule has 1 aliphatic heterocycles. The molecule has 0 bridgehead atoms. The maximum absolute atomic E-state index is 12.4. The molecule has 4 fully saturated rings. The van der Waals surface area contributed by atoms with Crippen LogP contribution in [0.5, 0.6) is 0 Å². The van der Waals surface area contributed by atoms with Gasteiger partial charge in [0.25, 0.3) is 0 Å². The summed E-state index contributed by atoms with van der Waals surface area (Å²) in [5, 5.41) is 3.50. The van der Waals surface area contributed by atoms with Crippen molar-refractivity contribution < 1.29 is 4.79 Å². The topological polar surface area (TPSA) is 32.3 Å². The molecule has 1 saturated heterocycles. The zero-order chi connectivity index (χ0) is 11.6. The summed E-state index contributed by atoms with van der Waals surface area (Å²) in [7, 11) is 0. The Hall–Kier alpha value is -0.570. The second-order valence-corrected chi connectivity index (χ2v) is 6.70. The first-order valence-electron chi connectivity index (χ1n) is 7.28. The minimum atomic E-state index is -0.114. The van der Waals surface area contributed by atoms with Gasteiger partial charge in [-0.05, 0) is 63.2 Å². The second kappa shape index (κ2) is 3.25. The Morgan fingerprint density at radius 2 is 1.88 bits per heavy atom. The number of rotatable bonds is 4. The molecule has 0 aromatic heterocycles. The van der Waals surface area contributed by atoms with Crippen LogP contribution in [0.2, 0.25) is 0 Å². The van der Waals surface area contributed by atoms with Crippen molar-refractivity contribution in [2.24, 2.45) is 17.8 Å². The molecule has 94 valence electrons. The van der Waals surface area contributed by atoms with Gasteiger partial charge in [0.05, 0.1) is 11.7 Å². The van der Waals surface area contributed by atoms with Gasteiger partial charge in [0.15, 0.2) is 0 Å². The van der Waals surface area contributed by atoms with Crippen molar-refractivity contribution in [2.45, 2.75) is 57.2 Å². The maximum atomic E-state index is 12.4. The van der Waals surface area contributed by atoms with Gasteiger partial charge in [-0.15, -0.1) is 0 Å². The van der Waals surface area contributed by atoms with Crippen molar-refractivity contribution >= 4 is 5.91 Å². The van der Waals surface area contributed by atoms with Crippen molar-refractivity contribution in [1.82, 2.24) is 10.2 Å². The molecule has 3 nitrogen and oxygen atoms in total. The van der Waals surface area contributed by atoms with Gasteiger partial charge in [-0.3, -0.25) is 10.1 Å². The summed E-state index contributed by atoms with van der Waals surface area (Å²) in [6, 6.07) is 0. The minimum absolute atomic E-state index is 0.114. The third kappa shape index (κ3) is 1.62. The van der Waals surface area contributed by atoms with E-state index < -0.39 is 0 Å². The van der Waals surface area contributed by atoms with Crippen LogP contribution in [0.1, 0.15) is 45.4 Å². The summed E-state index contributed by atoms with van der Waals surface area (Å²) in [5.74, 6) is 3.10. The average molecular weight is 234 g/mol. The van der Waals surface area contributed by atoms with Gasteiger partial charge in [0, 0.05) is 6.54 Å². The van der Waals surface area contributed by atoms with Crippen LogP contribution in [-0.4, -0.2) is 29.1 Å². The zero-order valence-corrected chi connectivity index (χ0v) is 10.6. The third-order valence-electron chi connectivity index (χ3n) is 5.24. The summed E-state index contributed by atoms with van der Waals surface area (Å²) in [5.41, 5.74) is -0.114. The van der Waals surface area contributed by atoms with Crippen LogP contribution in [0.4, 0.5) is 0 Å². The molecule has 0 aromatic rings. The lowest BCUT2D eigenvalue weighted by Gasteiger charge is -2.27. The molecular weight excluding hydrogens is 212 g/mol. The van der Waals surface area contributed by atoms with Crippen molar-refractivity contribution in [2.75, 3.05) is 6.54 Å². The van der Waals surface area contributed by atoms with Gasteiger partial charge in [0.2, 0.25) is 5.91 Å². The maximum Gasteiger partial charge on any atom is 0.244 e. The number of hydrogen-bond donors (Lipinski definition) is 1. The van der Waals surface area contributed by atoms with E-state index in [4.69, 9.17) is 0 Å². The van der Waals surface area contributed by atoms with E-state index in [1.165, 1.54) is 25.7 Å². The van der Waals surface area contributed by atoms with Gasteiger partial charge in [0.1, 0.15) is 0 Å². The summed E-state index contributed by atoms with van der Waals surface area (Å²) >= 11 is 0. The first-order chi connectivity index (χ1) is 8.20. The Morgan fingerprint density at radius 3 is 2.29 bits per heavy atom. The molecule has 17 heavy (non-hydrogen) atoms. The molecule has 0 aromatic carbocycles. The molecular formula is C14H22N2O. The van der Waals surface area contributed by atoms with Crippen LogP contribution in [0, 0.1) is 17.8 Å². The predicted octanol–water partition coefficient (Wildman–Crippen LogP) is 1.73. The number of nitrogens with zero attached hydrogens (tertiary/aromatic N) is 1. The fourth-order valence-electron chi connectivity index (χ4n) is 3.67. The molecule has 0 radical (unpaired) electrons. The number of nitrogens with one attached hydrogen (secondary N) is 1. The molecule has 1 spiro atoms. The van der Waals surface area contributed by atoms with Gasteiger partial charge < -0.3 is 4.90 Å². The van der Waals surface area contributed by atoms with Crippen molar-refractivity contribution in [3.05, 3.63) is 0 Å². The summed E-state index contributed by atoms with van der Waals surface area (Å²) in [4.78, 5) is 14.5. The summed E-state index contributed by atoms with van der Waals surface area (Å²) in [6.07, 6.45) is 8.04. The van der Waals surface area contributed by atoms with Crippen LogP contribution < -0.4 is 5.32 Å². The molecule has 4 aliphatic rings. The number of hydrogen-bond acceptors (Lipinski definition) is 2. The molecule has 3 heteroatoms. The smallest absolute Gasteiger partial charge is 0.244 e. The fourth-order valence-corrected chi connectivity index (χ4v) is 3.67. The molecule has 1 amide bonds. The Morgan fingerprint density at radius 1 is 1.29 bits per heavy atom. The van der Waals surface area contributed by atoms with E-state index in [0.717, 1.165) is 37.1 Å². The lowest BCUT2D eigenvalue weighted by molar-refractivity contribution is -0.131. The molecule has 4 rings (SSSR count). The Labute approximate surface area is 103 Å². The Bertz CT molecular complexity index is 343. The highest BCUT2D eigenvalue weighted by atomic mass is 16.2. The summed E-state index contributed by atoms with van der Waals surface area (Å²) in [6.45, 7) is 3.19. The van der Waals surface area contributed by atoms with Gasteiger partial charge in [-0.1, -0.05) is 0 Å². The minimum Gasteiger partial charge on any atom is -0.326 e. The average Bonchev–Trinajstić information content (AvgIpc) is 3.11. The molecule has 1 N–H and O–H groups in total. The van der Waals surface area contributed by atoms with E-state index in [9.17, 15) is 4.79 Å². The quantitative estimate of drug-likeness (QED) is 0.803. The molecule has 1 heterocycles. The van der Waals surface area contributed by atoms with Crippen LogP contribution in [0.25, 0.3) is 0 Å². The molecule has 3 aliphatic carbocycles. The van der Waals surface area contributed by atoms with E-state index >= 15 is 0 Å². The van der Waals surface area contributed by atoms with Crippen molar-refractivity contribution in [3.63, 3.8) is 0 Å². The number of carbonyl (C=O) groups is 1. The molecule has 3 saturated carbocycles. The summed E-state index contributed by atoms with van der Waals surface area (Å²) < 4.78 is 0. The highest BCUT2D eigenvalue weighted by molar-refractivity contribution is 5.91. The number of amides is 1. The SMILES string of the molecule is CC1NC2(CC2)C(=O)N1CC(C1CC1)C1CC1. The second-order valence-electron chi connectivity index (χ2n) is 6.70. The molecule has 1 unspecified atom stereocenters. The lowest BCUT2D eigenvalue weighted by atomic mass is 9.97. The van der Waals surface area contributed by atoms with E-state index in [0.29, 0.717) is 5.91 Å². The van der Waals surface area contributed by atoms with Crippen LogP contribution in [0.15, 0.2) is 0 Å². The first-order valence-corrected chi connectivity index (χ1v) is 7.28. The van der Waals surface area contributed by atoms with Crippen LogP contribution >= 0.6 is 0 Å². The number of carbonyl (C=O) groups excluding carboxylic acids is 1. The van der Waals surface area contributed by atoms with Gasteiger partial charge in [-0.25, -0.2) is 0 Å². The van der Waals surface area contributed by atoms with Crippen molar-refractivity contribution in [1.29, 1.82) is 0 Å². The lowest BCUT2D eigenvalue weighted by Crippen LogP contribution is -2.39. The van der Waals surface area contributed by atoms with Crippen molar-refractivity contribution in [3.8, 4) is 0 Å². The largest absolute Gasteiger partial charge is 0.326 e. The van der Waals surface area contributed by atoms with E-state index in [2.05, 4.69) is 17.1 Å². The predicted molar refractivity (Wildman–Crippen MR) is 65.2 cm³/mol. The Balaban J connectivity index is 1.48. The van der Waals surface area contributed by atoms with Gasteiger partial charge >= 0.3 is 0 Å². The highest BCUT2D eigenvalue weighted by Gasteiger charge is 2.58.